The molecule has 6 nitrogen and oxygen atoms in total. The molecule has 6 heteroatoms. The molecule has 1 heterocycles. The number of carbonyl (C=O) groups is 1. The molecule has 4 atom stereocenters. The van der Waals surface area contributed by atoms with Gasteiger partial charge in [-0.1, -0.05) is 0 Å². The molecule has 1 fully saturated rings. The highest BCUT2D eigenvalue weighted by molar-refractivity contribution is 5.68. The molecule has 1 aliphatic heterocycles. The van der Waals surface area contributed by atoms with E-state index in [1.807, 2.05) is 0 Å². The molecule has 3 N–H and O–H groups in total. The first-order valence-electron chi connectivity index (χ1n) is 5.68. The number of ether oxygens (including phenoxy) is 2. The maximum absolute atomic E-state index is 11.5. The first kappa shape index (κ1) is 14.2. The molecule has 0 bridgehead atoms. The van der Waals surface area contributed by atoms with E-state index in [9.17, 15) is 15.0 Å². The summed E-state index contributed by atoms with van der Waals surface area (Å²) in [5.41, 5.74) is -0.601. The monoisotopic (exact) mass is 247 g/mol. The second-order valence-corrected chi connectivity index (χ2v) is 5.27. The fourth-order valence-corrected chi connectivity index (χ4v) is 1.55. The molecule has 1 rings (SSSR count). The minimum Gasteiger partial charge on any atom is -0.444 e. The van der Waals surface area contributed by atoms with Crippen molar-refractivity contribution in [2.75, 3.05) is 6.61 Å². The van der Waals surface area contributed by atoms with Gasteiger partial charge in [-0.2, -0.15) is 0 Å². The number of hydrogen-bond acceptors (Lipinski definition) is 5. The molecule has 0 aromatic carbocycles. The van der Waals surface area contributed by atoms with Crippen molar-refractivity contribution >= 4 is 6.09 Å². The van der Waals surface area contributed by atoms with Gasteiger partial charge in [-0.05, 0) is 27.7 Å². The SMILES string of the molecule is C[C@H]1OC[C@@H](NC(=O)OC(C)(C)C)[C@@H](O)[C@H]1O. The first-order valence-corrected chi connectivity index (χ1v) is 5.68. The standard InChI is InChI=1S/C11H21NO5/c1-6-8(13)9(14)7(5-16-6)12-10(15)17-11(2,3)4/h6-9,13-14H,5H2,1-4H3,(H,12,15)/t6-,7-,8+,9-/m1/s1. The van der Waals surface area contributed by atoms with E-state index < -0.39 is 36.0 Å². The molecule has 100 valence electrons. The number of aliphatic hydroxyl groups is 2. The zero-order valence-corrected chi connectivity index (χ0v) is 10.6. The third kappa shape index (κ3) is 4.14. The topological polar surface area (TPSA) is 88.0 Å². The summed E-state index contributed by atoms with van der Waals surface area (Å²) in [4.78, 5) is 11.5. The summed E-state index contributed by atoms with van der Waals surface area (Å²) in [6.07, 6.45) is -3.14. The van der Waals surface area contributed by atoms with E-state index >= 15 is 0 Å². The lowest BCUT2D eigenvalue weighted by molar-refractivity contribution is -0.142. The van der Waals surface area contributed by atoms with E-state index in [-0.39, 0.29) is 6.61 Å². The lowest BCUT2D eigenvalue weighted by Gasteiger charge is -2.36. The molecule has 0 saturated carbocycles. The van der Waals surface area contributed by atoms with Crippen LogP contribution in [0.4, 0.5) is 4.79 Å². The van der Waals surface area contributed by atoms with Crippen molar-refractivity contribution in [3.63, 3.8) is 0 Å². The molecule has 1 saturated heterocycles. The van der Waals surface area contributed by atoms with E-state index in [4.69, 9.17) is 9.47 Å². The maximum Gasteiger partial charge on any atom is 0.408 e. The summed E-state index contributed by atoms with van der Waals surface area (Å²) in [5, 5.41) is 21.8. The average Bonchev–Trinajstić information content (AvgIpc) is 2.16. The molecule has 17 heavy (non-hydrogen) atoms. The van der Waals surface area contributed by atoms with Gasteiger partial charge in [0, 0.05) is 0 Å². The second kappa shape index (κ2) is 5.20. The van der Waals surface area contributed by atoms with Gasteiger partial charge < -0.3 is 25.0 Å². The van der Waals surface area contributed by atoms with Gasteiger partial charge in [0.05, 0.1) is 18.8 Å². The van der Waals surface area contributed by atoms with Gasteiger partial charge in [-0.25, -0.2) is 4.79 Å². The van der Waals surface area contributed by atoms with Gasteiger partial charge in [0.1, 0.15) is 17.8 Å². The van der Waals surface area contributed by atoms with Crippen LogP contribution in [0.3, 0.4) is 0 Å². The van der Waals surface area contributed by atoms with E-state index in [1.165, 1.54) is 0 Å². The largest absolute Gasteiger partial charge is 0.444 e. The smallest absolute Gasteiger partial charge is 0.408 e. The predicted molar refractivity (Wildman–Crippen MR) is 60.6 cm³/mol. The van der Waals surface area contributed by atoms with Gasteiger partial charge in [-0.15, -0.1) is 0 Å². The summed E-state index contributed by atoms with van der Waals surface area (Å²) in [6, 6.07) is -0.656. The molecule has 1 amide bonds. The Morgan fingerprint density at radius 3 is 2.47 bits per heavy atom. The Balaban J connectivity index is 2.49. The number of rotatable bonds is 1. The van der Waals surface area contributed by atoms with Crippen molar-refractivity contribution < 1.29 is 24.5 Å². The van der Waals surface area contributed by atoms with Gasteiger partial charge >= 0.3 is 6.09 Å². The van der Waals surface area contributed by atoms with Crippen molar-refractivity contribution in [2.45, 2.75) is 57.6 Å². The van der Waals surface area contributed by atoms with Crippen LogP contribution in [0.5, 0.6) is 0 Å². The number of carbonyl (C=O) groups excluding carboxylic acids is 1. The van der Waals surface area contributed by atoms with Crippen molar-refractivity contribution in [2.24, 2.45) is 0 Å². The van der Waals surface area contributed by atoms with Gasteiger partial charge in [0.25, 0.3) is 0 Å². The molecule has 0 unspecified atom stereocenters. The van der Waals surface area contributed by atoms with Crippen LogP contribution in [-0.4, -0.2) is 52.9 Å². The number of hydrogen-bond donors (Lipinski definition) is 3. The van der Waals surface area contributed by atoms with E-state index in [0.717, 1.165) is 0 Å². The van der Waals surface area contributed by atoms with Crippen molar-refractivity contribution in [1.82, 2.24) is 5.32 Å². The van der Waals surface area contributed by atoms with E-state index in [1.54, 1.807) is 27.7 Å². The van der Waals surface area contributed by atoms with Crippen LogP contribution in [0.1, 0.15) is 27.7 Å². The van der Waals surface area contributed by atoms with Crippen LogP contribution in [0.25, 0.3) is 0 Å². The van der Waals surface area contributed by atoms with Crippen LogP contribution in [0, 0.1) is 0 Å². The summed E-state index contributed by atoms with van der Waals surface area (Å²) >= 11 is 0. The Kier molecular flexibility index (Phi) is 4.35. The molecule has 0 aliphatic carbocycles. The molecule has 0 aromatic heterocycles. The molecular formula is C11H21NO5. The van der Waals surface area contributed by atoms with Gasteiger partial charge in [0.15, 0.2) is 0 Å². The predicted octanol–water partition coefficient (Wildman–Crippen LogP) is 0.0202. The first-order chi connectivity index (χ1) is 7.70. The van der Waals surface area contributed by atoms with Gasteiger partial charge in [-0.3, -0.25) is 0 Å². The number of amides is 1. The van der Waals surface area contributed by atoms with Crippen LogP contribution in [0.2, 0.25) is 0 Å². The number of alkyl carbamates (subject to hydrolysis) is 1. The summed E-state index contributed by atoms with van der Waals surface area (Å²) in [6.45, 7) is 7.06. The zero-order valence-electron chi connectivity index (χ0n) is 10.6. The number of nitrogens with one attached hydrogen (secondary N) is 1. The Morgan fingerprint density at radius 2 is 1.94 bits per heavy atom. The highest BCUT2D eigenvalue weighted by Crippen LogP contribution is 2.15. The van der Waals surface area contributed by atoms with Crippen molar-refractivity contribution in [3.05, 3.63) is 0 Å². The molecular weight excluding hydrogens is 226 g/mol. The Hall–Kier alpha value is -0.850. The highest BCUT2D eigenvalue weighted by atomic mass is 16.6. The minimum absolute atomic E-state index is 0.151. The minimum atomic E-state index is -1.05. The number of aliphatic hydroxyl groups excluding tert-OH is 2. The maximum atomic E-state index is 11.5. The van der Waals surface area contributed by atoms with Gasteiger partial charge in [0.2, 0.25) is 0 Å². The summed E-state index contributed by atoms with van der Waals surface area (Å²) in [7, 11) is 0. The van der Waals surface area contributed by atoms with Crippen molar-refractivity contribution in [1.29, 1.82) is 0 Å². The summed E-state index contributed by atoms with van der Waals surface area (Å²) < 4.78 is 10.3. The van der Waals surface area contributed by atoms with E-state index in [0.29, 0.717) is 0 Å². The lowest BCUT2D eigenvalue weighted by Crippen LogP contribution is -2.58. The Bertz CT molecular complexity index is 276. The van der Waals surface area contributed by atoms with Crippen LogP contribution >= 0.6 is 0 Å². The fourth-order valence-electron chi connectivity index (χ4n) is 1.55. The normalized spacial score (nSPS) is 34.2. The molecule has 0 spiro atoms. The third-order valence-corrected chi connectivity index (χ3v) is 2.48. The quantitative estimate of drug-likeness (QED) is 0.608. The van der Waals surface area contributed by atoms with Crippen LogP contribution in [-0.2, 0) is 9.47 Å². The third-order valence-electron chi connectivity index (χ3n) is 2.48. The Morgan fingerprint density at radius 1 is 1.35 bits per heavy atom. The highest BCUT2D eigenvalue weighted by Gasteiger charge is 2.37. The fraction of sp³-hybridized carbons (Fsp3) is 0.909. The van der Waals surface area contributed by atoms with Crippen LogP contribution < -0.4 is 5.32 Å². The van der Waals surface area contributed by atoms with Crippen molar-refractivity contribution in [3.8, 4) is 0 Å². The lowest BCUT2D eigenvalue weighted by atomic mass is 9.99. The second-order valence-electron chi connectivity index (χ2n) is 5.27. The van der Waals surface area contributed by atoms with E-state index in [2.05, 4.69) is 5.32 Å². The Labute approximate surface area is 101 Å². The molecule has 0 aromatic rings. The average molecular weight is 247 g/mol. The summed E-state index contributed by atoms with van der Waals surface area (Å²) in [5.74, 6) is 0. The zero-order chi connectivity index (χ0) is 13.2. The van der Waals surface area contributed by atoms with Crippen LogP contribution in [0.15, 0.2) is 0 Å². The molecule has 0 radical (unpaired) electrons. The molecule has 1 aliphatic rings.